The number of hydrogen-bond acceptors (Lipinski definition) is 5. The lowest BCUT2D eigenvalue weighted by atomic mass is 10.2. The van der Waals surface area contributed by atoms with E-state index in [1.165, 1.54) is 4.63 Å². The van der Waals surface area contributed by atoms with Crippen molar-refractivity contribution in [1.82, 2.24) is 25.3 Å². The Kier molecular flexibility index (Phi) is 3.00. The first-order valence-corrected chi connectivity index (χ1v) is 6.12. The first-order chi connectivity index (χ1) is 9.24. The Hall–Kier alpha value is -2.21. The van der Waals surface area contributed by atoms with Gasteiger partial charge in [-0.1, -0.05) is 29.8 Å². The zero-order valence-corrected chi connectivity index (χ0v) is 11.0. The zero-order chi connectivity index (χ0) is 13.2. The van der Waals surface area contributed by atoms with Gasteiger partial charge in [-0.2, -0.15) is 0 Å². The quantitative estimate of drug-likeness (QED) is 0.729. The van der Waals surface area contributed by atoms with Gasteiger partial charge in [-0.25, -0.2) is 0 Å². The summed E-state index contributed by atoms with van der Waals surface area (Å²) in [5.41, 5.74) is 1.67. The van der Waals surface area contributed by atoms with Crippen LogP contribution in [0.4, 0.5) is 5.82 Å². The molecule has 0 saturated carbocycles. The van der Waals surface area contributed by atoms with E-state index in [2.05, 4.69) is 20.6 Å². The third kappa shape index (κ3) is 2.34. The Balaban J connectivity index is 1.87. The van der Waals surface area contributed by atoms with Gasteiger partial charge in [0, 0.05) is 18.6 Å². The minimum absolute atomic E-state index is 0.620. The van der Waals surface area contributed by atoms with Crippen LogP contribution in [0.5, 0.6) is 0 Å². The fourth-order valence-electron chi connectivity index (χ4n) is 1.81. The minimum atomic E-state index is 0.620. The topological polar surface area (TPSA) is 59.2 Å². The van der Waals surface area contributed by atoms with E-state index < -0.39 is 0 Å². The number of fused-ring (bicyclic) bond motifs is 1. The van der Waals surface area contributed by atoms with E-state index in [-0.39, 0.29) is 0 Å². The minimum Gasteiger partial charge on any atom is -0.354 e. The Morgan fingerprint density at radius 1 is 1.21 bits per heavy atom. The highest BCUT2D eigenvalue weighted by atomic mass is 35.5. The van der Waals surface area contributed by atoms with Crippen LogP contribution in [-0.2, 0) is 6.54 Å². The Bertz CT molecular complexity index is 710. The summed E-state index contributed by atoms with van der Waals surface area (Å²) in [4.78, 5) is 1.99. The normalized spacial score (nSPS) is 10.8. The number of rotatable bonds is 3. The van der Waals surface area contributed by atoms with Crippen molar-refractivity contribution in [3.8, 4) is 0 Å². The van der Waals surface area contributed by atoms with Crippen LogP contribution in [0.15, 0.2) is 36.4 Å². The lowest BCUT2D eigenvalue weighted by Gasteiger charge is -2.18. The fraction of sp³-hybridized carbons (Fsp3) is 0.167. The molecule has 0 spiro atoms. The molecule has 2 aromatic heterocycles. The van der Waals surface area contributed by atoms with Gasteiger partial charge in [0.05, 0.1) is 0 Å². The zero-order valence-electron chi connectivity index (χ0n) is 10.2. The Morgan fingerprint density at radius 2 is 2.05 bits per heavy atom. The molecule has 1 aromatic carbocycles. The van der Waals surface area contributed by atoms with Crippen LogP contribution in [0.1, 0.15) is 5.56 Å². The number of halogens is 1. The van der Waals surface area contributed by atoms with E-state index in [0.717, 1.165) is 16.4 Å². The molecule has 0 amide bonds. The van der Waals surface area contributed by atoms with Gasteiger partial charge in [-0.3, -0.25) is 0 Å². The molecule has 3 aromatic rings. The lowest BCUT2D eigenvalue weighted by molar-refractivity contribution is 0.720. The lowest BCUT2D eigenvalue weighted by Crippen LogP contribution is -2.19. The van der Waals surface area contributed by atoms with Crippen LogP contribution in [-0.4, -0.2) is 32.3 Å². The molecule has 0 aliphatic rings. The van der Waals surface area contributed by atoms with Crippen molar-refractivity contribution >= 4 is 23.1 Å². The van der Waals surface area contributed by atoms with E-state index in [1.807, 2.05) is 48.3 Å². The van der Waals surface area contributed by atoms with Crippen molar-refractivity contribution < 1.29 is 0 Å². The first kappa shape index (κ1) is 11.9. The smallest absolute Gasteiger partial charge is 0.200 e. The number of aromatic nitrogens is 5. The SMILES string of the molecule is CN(Cc1ccccc1Cl)c1ccc2nnnn2n1. The third-order valence-corrected chi connectivity index (χ3v) is 3.18. The second-order valence-electron chi connectivity index (χ2n) is 4.17. The monoisotopic (exact) mass is 274 g/mol. The summed E-state index contributed by atoms with van der Waals surface area (Å²) in [6.45, 7) is 0.667. The molecule has 0 radical (unpaired) electrons. The second kappa shape index (κ2) is 4.81. The Labute approximate surface area is 114 Å². The summed E-state index contributed by atoms with van der Waals surface area (Å²) in [6.07, 6.45) is 0. The largest absolute Gasteiger partial charge is 0.354 e. The van der Waals surface area contributed by atoms with Gasteiger partial charge in [0.2, 0.25) is 0 Å². The van der Waals surface area contributed by atoms with Crippen molar-refractivity contribution in [3.05, 3.63) is 47.0 Å². The maximum atomic E-state index is 6.15. The van der Waals surface area contributed by atoms with Crippen molar-refractivity contribution in [2.24, 2.45) is 0 Å². The molecule has 0 fully saturated rings. The summed E-state index contributed by atoms with van der Waals surface area (Å²) in [6, 6.07) is 11.5. The van der Waals surface area contributed by atoms with Gasteiger partial charge in [0.1, 0.15) is 0 Å². The maximum Gasteiger partial charge on any atom is 0.200 e. The summed E-state index contributed by atoms with van der Waals surface area (Å²) in [7, 11) is 1.95. The van der Waals surface area contributed by atoms with Crippen LogP contribution < -0.4 is 4.90 Å². The molecule has 0 bridgehead atoms. The molecule has 6 nitrogen and oxygen atoms in total. The van der Waals surface area contributed by atoms with Gasteiger partial charge in [-0.05, 0) is 34.2 Å². The average molecular weight is 275 g/mol. The number of tetrazole rings is 1. The maximum absolute atomic E-state index is 6.15. The molecular formula is C12H11ClN6. The van der Waals surface area contributed by atoms with Gasteiger partial charge < -0.3 is 4.90 Å². The average Bonchev–Trinajstić information content (AvgIpc) is 2.88. The molecular weight excluding hydrogens is 264 g/mol. The van der Waals surface area contributed by atoms with Crippen LogP contribution >= 0.6 is 11.6 Å². The first-order valence-electron chi connectivity index (χ1n) is 5.74. The van der Waals surface area contributed by atoms with Crippen LogP contribution in [0.25, 0.3) is 5.65 Å². The highest BCUT2D eigenvalue weighted by Crippen LogP contribution is 2.19. The standard InChI is InChI=1S/C12H11ClN6/c1-18(8-9-4-2-3-5-10(9)13)12-7-6-11-14-16-17-19(11)15-12/h2-7H,8H2,1H3. The van der Waals surface area contributed by atoms with E-state index in [9.17, 15) is 0 Å². The predicted molar refractivity (Wildman–Crippen MR) is 72.1 cm³/mol. The Morgan fingerprint density at radius 3 is 2.89 bits per heavy atom. The van der Waals surface area contributed by atoms with Crippen LogP contribution in [0.3, 0.4) is 0 Å². The molecule has 3 rings (SSSR count). The molecule has 0 aliphatic heterocycles. The van der Waals surface area contributed by atoms with E-state index in [4.69, 9.17) is 11.6 Å². The number of anilines is 1. The number of nitrogens with zero attached hydrogens (tertiary/aromatic N) is 6. The summed E-state index contributed by atoms with van der Waals surface area (Å²) in [5.74, 6) is 0.778. The molecule has 96 valence electrons. The van der Waals surface area contributed by atoms with Gasteiger partial charge in [0.25, 0.3) is 0 Å². The van der Waals surface area contributed by atoms with E-state index >= 15 is 0 Å². The van der Waals surface area contributed by atoms with Crippen molar-refractivity contribution in [3.63, 3.8) is 0 Å². The molecule has 7 heteroatoms. The molecule has 0 N–H and O–H groups in total. The molecule has 0 atom stereocenters. The summed E-state index contributed by atoms with van der Waals surface area (Å²) in [5, 5.41) is 16.2. The molecule has 0 saturated heterocycles. The van der Waals surface area contributed by atoms with Crippen molar-refractivity contribution in [1.29, 1.82) is 0 Å². The number of benzene rings is 1. The fourth-order valence-corrected chi connectivity index (χ4v) is 2.00. The molecule has 0 unspecified atom stereocenters. The van der Waals surface area contributed by atoms with Gasteiger partial charge >= 0.3 is 0 Å². The predicted octanol–water partition coefficient (Wildman–Crippen LogP) is 1.81. The highest BCUT2D eigenvalue weighted by molar-refractivity contribution is 6.31. The summed E-state index contributed by atoms with van der Waals surface area (Å²) >= 11 is 6.15. The molecule has 2 heterocycles. The molecule has 19 heavy (non-hydrogen) atoms. The van der Waals surface area contributed by atoms with Crippen LogP contribution in [0, 0.1) is 0 Å². The third-order valence-electron chi connectivity index (χ3n) is 2.81. The van der Waals surface area contributed by atoms with Crippen molar-refractivity contribution in [2.75, 3.05) is 11.9 Å². The van der Waals surface area contributed by atoms with E-state index in [1.54, 1.807) is 0 Å². The van der Waals surface area contributed by atoms with Gasteiger partial charge in [0.15, 0.2) is 11.5 Å². The molecule has 0 aliphatic carbocycles. The second-order valence-corrected chi connectivity index (χ2v) is 4.57. The highest BCUT2D eigenvalue weighted by Gasteiger charge is 2.08. The van der Waals surface area contributed by atoms with Gasteiger partial charge in [-0.15, -0.1) is 14.8 Å². The van der Waals surface area contributed by atoms with E-state index in [0.29, 0.717) is 12.2 Å². The number of hydrogen-bond donors (Lipinski definition) is 0. The van der Waals surface area contributed by atoms with Crippen LogP contribution in [0.2, 0.25) is 5.02 Å². The summed E-state index contributed by atoms with van der Waals surface area (Å²) < 4.78 is 1.40. The van der Waals surface area contributed by atoms with Crippen molar-refractivity contribution in [2.45, 2.75) is 6.54 Å².